The molecule has 2 aromatic rings. The van der Waals surface area contributed by atoms with Crippen LogP contribution >= 0.6 is 0 Å². The lowest BCUT2D eigenvalue weighted by molar-refractivity contribution is 0.167. The zero-order valence-corrected chi connectivity index (χ0v) is 16.4. The van der Waals surface area contributed by atoms with Gasteiger partial charge in [-0.15, -0.1) is 0 Å². The summed E-state index contributed by atoms with van der Waals surface area (Å²) in [5.74, 6) is 0.972. The van der Waals surface area contributed by atoms with Crippen molar-refractivity contribution in [2.24, 2.45) is 4.99 Å². The third-order valence-electron chi connectivity index (χ3n) is 5.62. The van der Waals surface area contributed by atoms with E-state index in [0.29, 0.717) is 0 Å². The summed E-state index contributed by atoms with van der Waals surface area (Å²) < 4.78 is 1.87. The van der Waals surface area contributed by atoms with Gasteiger partial charge in [0.15, 0.2) is 0 Å². The van der Waals surface area contributed by atoms with Gasteiger partial charge in [0.05, 0.1) is 35.0 Å². The molecule has 0 bridgehead atoms. The molecule has 3 aliphatic heterocycles. The molecule has 7 nitrogen and oxygen atoms in total. The topological polar surface area (TPSA) is 52.3 Å². The maximum absolute atomic E-state index is 4.85. The second-order valence-corrected chi connectivity index (χ2v) is 7.45. The smallest absolute Gasteiger partial charge is 0.133 e. The Hall–Kier alpha value is -2.93. The fourth-order valence-electron chi connectivity index (χ4n) is 3.91. The number of likely N-dealkylation sites (N-methyl/N-ethyl adjacent to an activating group) is 1. The minimum atomic E-state index is 0.808. The molecule has 144 valence electrons. The van der Waals surface area contributed by atoms with Crippen molar-refractivity contribution in [1.82, 2.24) is 29.3 Å². The summed E-state index contributed by atoms with van der Waals surface area (Å²) in [6, 6.07) is 2.04. The average molecular weight is 375 g/mol. The molecule has 7 heteroatoms. The predicted molar refractivity (Wildman–Crippen MR) is 111 cm³/mol. The Morgan fingerprint density at radius 2 is 1.96 bits per heavy atom. The molecular weight excluding hydrogens is 350 g/mol. The molecule has 1 saturated heterocycles. The Balaban J connectivity index is 1.34. The number of fused-ring (bicyclic) bond motifs is 2. The van der Waals surface area contributed by atoms with Crippen LogP contribution in [0, 0.1) is 6.92 Å². The molecule has 0 N–H and O–H groups in total. The van der Waals surface area contributed by atoms with Crippen molar-refractivity contribution < 1.29 is 0 Å². The van der Waals surface area contributed by atoms with Crippen LogP contribution in [-0.2, 0) is 0 Å². The van der Waals surface area contributed by atoms with Crippen LogP contribution in [0.5, 0.6) is 0 Å². The maximum atomic E-state index is 4.85. The predicted octanol–water partition coefficient (Wildman–Crippen LogP) is 2.14. The van der Waals surface area contributed by atoms with Gasteiger partial charge in [-0.2, -0.15) is 5.10 Å². The van der Waals surface area contributed by atoms with Crippen LogP contribution in [0.4, 0.5) is 0 Å². The van der Waals surface area contributed by atoms with Crippen LogP contribution in [0.2, 0.25) is 0 Å². The molecule has 1 fully saturated rings. The second-order valence-electron chi connectivity index (χ2n) is 7.45. The van der Waals surface area contributed by atoms with Crippen LogP contribution < -0.4 is 0 Å². The molecule has 0 amide bonds. The highest BCUT2D eigenvalue weighted by Gasteiger charge is 2.22. The highest BCUT2D eigenvalue weighted by molar-refractivity contribution is 6.00. The van der Waals surface area contributed by atoms with Gasteiger partial charge >= 0.3 is 0 Å². The standard InChI is InChI=1S/C21H25N7/c1-3-25-8-10-26(11-9-25)17-4-5-21-23-19(6-7-27(21)15-17)20-12-18-13-22-16(2)14-28(18)24-20/h4-6,12-15H,3,7-11H2,1-2H3. The van der Waals surface area contributed by atoms with Gasteiger partial charge in [-0.05, 0) is 37.8 Å². The van der Waals surface area contributed by atoms with E-state index in [-0.39, 0.29) is 0 Å². The first kappa shape index (κ1) is 17.2. The van der Waals surface area contributed by atoms with E-state index in [0.717, 1.165) is 67.7 Å². The van der Waals surface area contributed by atoms with Gasteiger partial charge < -0.3 is 14.7 Å². The molecule has 0 unspecified atom stereocenters. The number of hydrogen-bond donors (Lipinski definition) is 0. The fraction of sp³-hybridized carbons (Fsp3) is 0.381. The average Bonchev–Trinajstić information content (AvgIpc) is 3.16. The summed E-state index contributed by atoms with van der Waals surface area (Å²) >= 11 is 0. The first-order valence-electron chi connectivity index (χ1n) is 9.95. The van der Waals surface area contributed by atoms with Crippen molar-refractivity contribution in [3.63, 3.8) is 0 Å². The summed E-state index contributed by atoms with van der Waals surface area (Å²) in [7, 11) is 0. The Morgan fingerprint density at radius 1 is 1.11 bits per heavy atom. The Kier molecular flexibility index (Phi) is 4.24. The van der Waals surface area contributed by atoms with Gasteiger partial charge in [0, 0.05) is 38.9 Å². The van der Waals surface area contributed by atoms with E-state index in [2.05, 4.69) is 56.1 Å². The van der Waals surface area contributed by atoms with E-state index >= 15 is 0 Å². The van der Waals surface area contributed by atoms with Gasteiger partial charge in [0.25, 0.3) is 0 Å². The van der Waals surface area contributed by atoms with Crippen LogP contribution in [-0.4, -0.2) is 74.4 Å². The molecule has 0 aliphatic carbocycles. The highest BCUT2D eigenvalue weighted by Crippen LogP contribution is 2.24. The van der Waals surface area contributed by atoms with Crippen LogP contribution in [0.3, 0.4) is 0 Å². The van der Waals surface area contributed by atoms with Crippen molar-refractivity contribution in [2.45, 2.75) is 13.8 Å². The first-order valence-corrected chi connectivity index (χ1v) is 9.95. The van der Waals surface area contributed by atoms with Gasteiger partial charge in [0.1, 0.15) is 11.5 Å². The molecule has 5 rings (SSSR count). The highest BCUT2D eigenvalue weighted by atomic mass is 15.3. The van der Waals surface area contributed by atoms with Crippen LogP contribution in [0.25, 0.3) is 11.2 Å². The van der Waals surface area contributed by atoms with Gasteiger partial charge in [-0.25, -0.2) is 9.51 Å². The fourth-order valence-corrected chi connectivity index (χ4v) is 3.91. The lowest BCUT2D eigenvalue weighted by Crippen LogP contribution is -2.46. The minimum Gasteiger partial charge on any atom is -0.368 e. The maximum Gasteiger partial charge on any atom is 0.133 e. The lowest BCUT2D eigenvalue weighted by atomic mass is 10.2. The molecule has 3 aliphatic rings. The number of nitrogens with zero attached hydrogens (tertiary/aromatic N) is 7. The summed E-state index contributed by atoms with van der Waals surface area (Å²) in [5, 5.41) is 4.67. The Labute approximate surface area is 165 Å². The third kappa shape index (κ3) is 3.11. The molecule has 0 radical (unpaired) electrons. The Bertz CT molecular complexity index is 1020. The number of rotatable bonds is 3. The molecule has 0 saturated carbocycles. The zero-order valence-electron chi connectivity index (χ0n) is 16.4. The number of piperazine rings is 1. The SMILES string of the molecule is CCN1CCN(C2=CN3CC=C(c4cc5cnc(C)cn5n4)N=C3C=C2)CC1. The normalized spacial score (nSPS) is 20.1. The van der Waals surface area contributed by atoms with E-state index in [4.69, 9.17) is 4.99 Å². The van der Waals surface area contributed by atoms with Crippen molar-refractivity contribution in [1.29, 1.82) is 0 Å². The minimum absolute atomic E-state index is 0.808. The van der Waals surface area contributed by atoms with Crippen LogP contribution in [0.15, 0.2) is 53.6 Å². The number of amidine groups is 1. The third-order valence-corrected chi connectivity index (χ3v) is 5.62. The van der Waals surface area contributed by atoms with E-state index in [1.165, 1.54) is 5.70 Å². The number of hydrogen-bond acceptors (Lipinski definition) is 6. The molecule has 28 heavy (non-hydrogen) atoms. The summed E-state index contributed by atoms with van der Waals surface area (Å²) in [4.78, 5) is 16.4. The van der Waals surface area contributed by atoms with Crippen molar-refractivity contribution in [3.8, 4) is 0 Å². The van der Waals surface area contributed by atoms with E-state index < -0.39 is 0 Å². The Morgan fingerprint density at radius 3 is 2.79 bits per heavy atom. The van der Waals surface area contributed by atoms with Gasteiger partial charge in [0.2, 0.25) is 0 Å². The van der Waals surface area contributed by atoms with Crippen molar-refractivity contribution >= 4 is 17.0 Å². The van der Waals surface area contributed by atoms with Gasteiger partial charge in [-0.3, -0.25) is 4.98 Å². The molecule has 2 aromatic heterocycles. The second kappa shape index (κ2) is 6.91. The monoisotopic (exact) mass is 375 g/mol. The van der Waals surface area contributed by atoms with Crippen molar-refractivity contribution in [2.75, 3.05) is 39.3 Å². The quantitative estimate of drug-likeness (QED) is 0.823. The number of aryl methyl sites for hydroxylation is 1. The summed E-state index contributed by atoms with van der Waals surface area (Å²) in [5.41, 5.74) is 5.02. The number of allylic oxidation sites excluding steroid dienone is 1. The summed E-state index contributed by atoms with van der Waals surface area (Å²) in [6.45, 7) is 10.6. The molecule has 0 atom stereocenters. The van der Waals surface area contributed by atoms with E-state index in [1.807, 2.05) is 29.9 Å². The lowest BCUT2D eigenvalue weighted by Gasteiger charge is -2.38. The molecule has 5 heterocycles. The van der Waals surface area contributed by atoms with Crippen LogP contribution in [0.1, 0.15) is 18.3 Å². The number of aliphatic imine (C=N–C) groups is 1. The van der Waals surface area contributed by atoms with Crippen molar-refractivity contribution in [3.05, 3.63) is 60.0 Å². The van der Waals surface area contributed by atoms with E-state index in [1.54, 1.807) is 0 Å². The summed E-state index contributed by atoms with van der Waals surface area (Å²) in [6.07, 6.45) is 12.5. The molecule has 0 spiro atoms. The largest absolute Gasteiger partial charge is 0.368 e. The van der Waals surface area contributed by atoms with Gasteiger partial charge in [-0.1, -0.05) is 6.92 Å². The molecular formula is C21H25N7. The first-order chi connectivity index (χ1) is 13.7. The molecule has 0 aromatic carbocycles. The zero-order chi connectivity index (χ0) is 19.1. The van der Waals surface area contributed by atoms with E-state index in [9.17, 15) is 0 Å². The number of aromatic nitrogens is 3.